The van der Waals surface area contributed by atoms with E-state index in [1.165, 1.54) is 30.3 Å². The van der Waals surface area contributed by atoms with Gasteiger partial charge in [0.15, 0.2) is 9.84 Å². The maximum Gasteiger partial charge on any atom is 0.253 e. The van der Waals surface area contributed by atoms with Gasteiger partial charge in [-0.05, 0) is 36.8 Å². The van der Waals surface area contributed by atoms with Crippen molar-refractivity contribution in [3.63, 3.8) is 0 Å². The number of carbonyl (C=O) groups is 2. The van der Waals surface area contributed by atoms with Crippen LogP contribution in [0.25, 0.3) is 0 Å². The summed E-state index contributed by atoms with van der Waals surface area (Å²) in [5.41, 5.74) is 0.211. The van der Waals surface area contributed by atoms with E-state index in [2.05, 4.69) is 10.6 Å². The Balaban J connectivity index is 1.73. The van der Waals surface area contributed by atoms with Crippen molar-refractivity contribution in [1.29, 1.82) is 0 Å². The third-order valence-corrected chi connectivity index (χ3v) is 5.96. The van der Waals surface area contributed by atoms with Crippen molar-refractivity contribution >= 4 is 44.9 Å². The highest BCUT2D eigenvalue weighted by Crippen LogP contribution is 2.20. The molecule has 27 heavy (non-hydrogen) atoms. The number of rotatable bonds is 8. The number of nitrogens with one attached hydrogen (secondary N) is 2. The molecule has 2 N–H and O–H groups in total. The van der Waals surface area contributed by atoms with Gasteiger partial charge in [0.05, 0.1) is 27.8 Å². The summed E-state index contributed by atoms with van der Waals surface area (Å²) >= 11 is 11.7. The molecule has 2 aromatic rings. The number of benzene rings is 2. The monoisotopic (exact) mass is 428 g/mol. The summed E-state index contributed by atoms with van der Waals surface area (Å²) in [6.45, 7) is -0.0638. The molecule has 0 radical (unpaired) electrons. The minimum Gasteiger partial charge on any atom is -0.355 e. The second-order valence-corrected chi connectivity index (χ2v) is 8.60. The fourth-order valence-corrected chi connectivity index (χ4v) is 4.05. The number of hydrogen-bond donors (Lipinski definition) is 2. The lowest BCUT2D eigenvalue weighted by Gasteiger charge is -2.08. The first-order valence-corrected chi connectivity index (χ1v) is 10.5. The molecular weight excluding hydrogens is 411 g/mol. The van der Waals surface area contributed by atoms with E-state index in [1.54, 1.807) is 18.2 Å². The molecule has 0 spiro atoms. The summed E-state index contributed by atoms with van der Waals surface area (Å²) in [6, 6.07) is 12.5. The molecule has 2 amide bonds. The number of amides is 2. The van der Waals surface area contributed by atoms with Crippen LogP contribution in [0.3, 0.4) is 0 Å². The van der Waals surface area contributed by atoms with Crippen LogP contribution in [0, 0.1) is 0 Å². The smallest absolute Gasteiger partial charge is 0.253 e. The predicted molar refractivity (Wildman–Crippen MR) is 105 cm³/mol. The average molecular weight is 429 g/mol. The van der Waals surface area contributed by atoms with Crippen molar-refractivity contribution in [2.24, 2.45) is 0 Å². The molecule has 2 aromatic carbocycles. The molecule has 2 rings (SSSR count). The van der Waals surface area contributed by atoms with Crippen LogP contribution in [0.4, 0.5) is 0 Å². The third-order valence-electron chi connectivity index (χ3n) is 3.60. The summed E-state index contributed by atoms with van der Waals surface area (Å²) < 4.78 is 24.2. The van der Waals surface area contributed by atoms with Gasteiger partial charge < -0.3 is 10.6 Å². The number of sulfone groups is 1. The maximum absolute atomic E-state index is 12.1. The molecule has 0 aliphatic heterocycles. The molecule has 6 nitrogen and oxygen atoms in total. The van der Waals surface area contributed by atoms with Gasteiger partial charge in [0.1, 0.15) is 0 Å². The van der Waals surface area contributed by atoms with Gasteiger partial charge in [0.25, 0.3) is 5.91 Å². The zero-order chi connectivity index (χ0) is 19.9. The van der Waals surface area contributed by atoms with Crippen molar-refractivity contribution in [3.8, 4) is 0 Å². The molecule has 0 aromatic heterocycles. The largest absolute Gasteiger partial charge is 0.355 e. The molecule has 0 heterocycles. The van der Waals surface area contributed by atoms with Crippen LogP contribution in [0.15, 0.2) is 53.4 Å². The van der Waals surface area contributed by atoms with Gasteiger partial charge >= 0.3 is 0 Å². The summed E-state index contributed by atoms with van der Waals surface area (Å²) in [4.78, 5) is 24.0. The Labute approximate surface area is 167 Å². The highest BCUT2D eigenvalue weighted by atomic mass is 35.5. The van der Waals surface area contributed by atoms with Crippen LogP contribution in [0.5, 0.6) is 0 Å². The summed E-state index contributed by atoms with van der Waals surface area (Å²) in [7, 11) is -3.37. The van der Waals surface area contributed by atoms with E-state index in [9.17, 15) is 18.0 Å². The fraction of sp³-hybridized carbons (Fsp3) is 0.222. The molecule has 0 saturated heterocycles. The average Bonchev–Trinajstić information content (AvgIpc) is 2.64. The molecule has 0 atom stereocenters. The Hall–Kier alpha value is -2.09. The van der Waals surface area contributed by atoms with E-state index in [-0.39, 0.29) is 40.7 Å². The topological polar surface area (TPSA) is 92.3 Å². The SMILES string of the molecule is O=C(CNC(=O)c1ccc(Cl)cc1Cl)NCCCS(=O)(=O)c1ccccc1. The quantitative estimate of drug-likeness (QED) is 0.632. The molecule has 0 aliphatic carbocycles. The third kappa shape index (κ3) is 6.53. The van der Waals surface area contributed by atoms with Gasteiger partial charge in [-0.25, -0.2) is 8.42 Å². The van der Waals surface area contributed by atoms with E-state index < -0.39 is 21.7 Å². The lowest BCUT2D eigenvalue weighted by atomic mass is 10.2. The van der Waals surface area contributed by atoms with Crippen LogP contribution >= 0.6 is 23.2 Å². The molecular formula is C18H18Cl2N2O4S. The molecule has 0 aliphatic rings. The summed E-state index contributed by atoms with van der Waals surface area (Å²) in [5, 5.41) is 5.60. The molecule has 144 valence electrons. The highest BCUT2D eigenvalue weighted by molar-refractivity contribution is 7.91. The van der Waals surface area contributed by atoms with Crippen molar-refractivity contribution < 1.29 is 18.0 Å². The molecule has 9 heteroatoms. The normalized spacial score (nSPS) is 11.0. The van der Waals surface area contributed by atoms with Gasteiger partial charge in [0.2, 0.25) is 5.91 Å². The summed E-state index contributed by atoms with van der Waals surface area (Å²) in [5.74, 6) is -1.01. The molecule has 0 saturated carbocycles. The van der Waals surface area contributed by atoms with Crippen LogP contribution < -0.4 is 10.6 Å². The van der Waals surface area contributed by atoms with E-state index in [0.717, 1.165) is 0 Å². The maximum atomic E-state index is 12.1. The van der Waals surface area contributed by atoms with Crippen molar-refractivity contribution in [2.75, 3.05) is 18.8 Å². The van der Waals surface area contributed by atoms with Gasteiger partial charge in [-0.1, -0.05) is 41.4 Å². The van der Waals surface area contributed by atoms with Gasteiger partial charge in [-0.3, -0.25) is 9.59 Å². The fourth-order valence-electron chi connectivity index (χ4n) is 2.23. The highest BCUT2D eigenvalue weighted by Gasteiger charge is 2.14. The van der Waals surface area contributed by atoms with E-state index in [1.807, 2.05) is 0 Å². The van der Waals surface area contributed by atoms with Gasteiger partial charge in [-0.2, -0.15) is 0 Å². The standard InChI is InChI=1S/C18H18Cl2N2O4S/c19-13-7-8-15(16(20)11-13)18(24)22-12-17(23)21-9-4-10-27(25,26)14-5-2-1-3-6-14/h1-3,5-8,11H,4,9-10,12H2,(H,21,23)(H,22,24). The van der Waals surface area contributed by atoms with Crippen molar-refractivity contribution in [3.05, 3.63) is 64.1 Å². The van der Waals surface area contributed by atoms with E-state index in [4.69, 9.17) is 23.2 Å². The van der Waals surface area contributed by atoms with Crippen LogP contribution in [-0.2, 0) is 14.6 Å². The Morgan fingerprint density at radius 1 is 0.963 bits per heavy atom. The van der Waals surface area contributed by atoms with Gasteiger partial charge in [-0.15, -0.1) is 0 Å². The minimum atomic E-state index is -3.37. The minimum absolute atomic E-state index is 0.0793. The molecule has 0 fully saturated rings. The second kappa shape index (κ2) is 9.73. The Morgan fingerprint density at radius 2 is 1.67 bits per heavy atom. The second-order valence-electron chi connectivity index (χ2n) is 5.64. The molecule has 0 unspecified atom stereocenters. The van der Waals surface area contributed by atoms with E-state index in [0.29, 0.717) is 5.02 Å². The Morgan fingerprint density at radius 3 is 2.33 bits per heavy atom. The van der Waals surface area contributed by atoms with Gasteiger partial charge in [0, 0.05) is 11.6 Å². The Bertz CT molecular complexity index is 918. The molecule has 0 bridgehead atoms. The number of hydrogen-bond acceptors (Lipinski definition) is 4. The zero-order valence-corrected chi connectivity index (χ0v) is 16.6. The first-order chi connectivity index (χ1) is 12.8. The number of carbonyl (C=O) groups excluding carboxylic acids is 2. The van der Waals surface area contributed by atoms with Crippen molar-refractivity contribution in [1.82, 2.24) is 10.6 Å². The lowest BCUT2D eigenvalue weighted by Crippen LogP contribution is -2.37. The zero-order valence-electron chi connectivity index (χ0n) is 14.2. The van der Waals surface area contributed by atoms with E-state index >= 15 is 0 Å². The summed E-state index contributed by atoms with van der Waals surface area (Å²) in [6.07, 6.45) is 0.264. The van der Waals surface area contributed by atoms with Crippen LogP contribution in [0.2, 0.25) is 10.0 Å². The van der Waals surface area contributed by atoms with Crippen LogP contribution in [0.1, 0.15) is 16.8 Å². The van der Waals surface area contributed by atoms with Crippen LogP contribution in [-0.4, -0.2) is 39.1 Å². The first-order valence-electron chi connectivity index (χ1n) is 8.07. The Kier molecular flexibility index (Phi) is 7.65. The lowest BCUT2D eigenvalue weighted by molar-refractivity contribution is -0.120. The van der Waals surface area contributed by atoms with Crippen molar-refractivity contribution in [2.45, 2.75) is 11.3 Å². The first kappa shape index (κ1) is 21.2. The number of halogens is 2. The predicted octanol–water partition coefficient (Wildman–Crippen LogP) is 2.70.